The van der Waals surface area contributed by atoms with Crippen LogP contribution in [-0.4, -0.2) is 23.9 Å². The Morgan fingerprint density at radius 2 is 2.21 bits per heavy atom. The summed E-state index contributed by atoms with van der Waals surface area (Å²) in [6.45, 7) is 2.29. The van der Waals surface area contributed by atoms with E-state index in [-0.39, 0.29) is 0 Å². The third kappa shape index (κ3) is 4.07. The third-order valence-corrected chi connectivity index (χ3v) is 5.29. The molecular formula is C16H25NOS. The van der Waals surface area contributed by atoms with E-state index < -0.39 is 0 Å². The summed E-state index contributed by atoms with van der Waals surface area (Å²) in [5.74, 6) is 0.996. The molecule has 106 valence electrons. The van der Waals surface area contributed by atoms with Crippen LogP contribution in [0.15, 0.2) is 17.5 Å². The molecule has 2 nitrogen and oxygen atoms in total. The first kappa shape index (κ1) is 14.6. The van der Waals surface area contributed by atoms with Crippen LogP contribution in [0, 0.1) is 5.92 Å². The maximum absolute atomic E-state index is 12.2. The fourth-order valence-electron chi connectivity index (χ4n) is 3.10. The predicted octanol–water partition coefficient (Wildman–Crippen LogP) is 4.11. The molecule has 1 aliphatic carbocycles. The van der Waals surface area contributed by atoms with E-state index in [4.69, 9.17) is 0 Å². The number of aryl methyl sites for hydroxylation is 1. The average molecular weight is 279 g/mol. The molecular weight excluding hydrogens is 254 g/mol. The fraction of sp³-hybridized carbons (Fsp3) is 0.688. The second-order valence-electron chi connectivity index (χ2n) is 5.77. The minimum atomic E-state index is 0.329. The van der Waals surface area contributed by atoms with Crippen molar-refractivity contribution in [2.24, 2.45) is 5.92 Å². The van der Waals surface area contributed by atoms with E-state index >= 15 is 0 Å². The maximum atomic E-state index is 12.2. The second-order valence-corrected chi connectivity index (χ2v) is 6.80. The summed E-state index contributed by atoms with van der Waals surface area (Å²) in [6.07, 6.45) is 7.78. The Morgan fingerprint density at radius 1 is 1.42 bits per heavy atom. The number of carbonyl (C=O) groups is 1. The molecule has 2 rings (SSSR count). The Kier molecular flexibility index (Phi) is 5.44. The minimum Gasteiger partial charge on any atom is -0.343 e. The molecule has 1 aromatic rings. The van der Waals surface area contributed by atoms with Crippen LogP contribution in [0.3, 0.4) is 0 Å². The predicted molar refractivity (Wildman–Crippen MR) is 81.4 cm³/mol. The van der Waals surface area contributed by atoms with Gasteiger partial charge < -0.3 is 4.90 Å². The van der Waals surface area contributed by atoms with Gasteiger partial charge in [0, 0.05) is 24.4 Å². The second kappa shape index (κ2) is 7.09. The highest BCUT2D eigenvalue weighted by Gasteiger charge is 2.27. The lowest BCUT2D eigenvalue weighted by atomic mass is 9.85. The minimum absolute atomic E-state index is 0.329. The first-order chi connectivity index (χ1) is 9.18. The Morgan fingerprint density at radius 3 is 2.89 bits per heavy atom. The average Bonchev–Trinajstić information content (AvgIpc) is 2.91. The van der Waals surface area contributed by atoms with Gasteiger partial charge in [0.25, 0.3) is 0 Å². The summed E-state index contributed by atoms with van der Waals surface area (Å²) in [5, 5.41) is 2.10. The van der Waals surface area contributed by atoms with E-state index in [1.54, 1.807) is 11.3 Å². The monoisotopic (exact) mass is 279 g/mol. The van der Waals surface area contributed by atoms with Crippen LogP contribution in [0.5, 0.6) is 0 Å². The van der Waals surface area contributed by atoms with Gasteiger partial charge in [-0.15, -0.1) is 11.3 Å². The van der Waals surface area contributed by atoms with E-state index in [9.17, 15) is 4.79 Å². The molecule has 0 radical (unpaired) electrons. The number of hydrogen-bond donors (Lipinski definition) is 0. The van der Waals surface area contributed by atoms with Crippen molar-refractivity contribution >= 4 is 17.2 Å². The van der Waals surface area contributed by atoms with Crippen molar-refractivity contribution in [1.29, 1.82) is 0 Å². The smallest absolute Gasteiger partial charge is 0.222 e. The van der Waals surface area contributed by atoms with E-state index in [2.05, 4.69) is 24.4 Å². The van der Waals surface area contributed by atoms with Gasteiger partial charge in [-0.25, -0.2) is 0 Å². The van der Waals surface area contributed by atoms with E-state index in [0.717, 1.165) is 12.8 Å². The first-order valence-electron chi connectivity index (χ1n) is 7.46. The number of amides is 1. The molecule has 1 amide bonds. The van der Waals surface area contributed by atoms with Gasteiger partial charge in [-0.3, -0.25) is 4.79 Å². The molecule has 1 aliphatic rings. The summed E-state index contributed by atoms with van der Waals surface area (Å²) < 4.78 is 0. The van der Waals surface area contributed by atoms with Crippen molar-refractivity contribution in [3.8, 4) is 0 Å². The van der Waals surface area contributed by atoms with E-state index in [1.807, 2.05) is 11.9 Å². The van der Waals surface area contributed by atoms with Crippen molar-refractivity contribution in [3.05, 3.63) is 22.4 Å². The van der Waals surface area contributed by atoms with Crippen molar-refractivity contribution in [2.75, 3.05) is 7.05 Å². The van der Waals surface area contributed by atoms with Gasteiger partial charge in [0.1, 0.15) is 0 Å². The van der Waals surface area contributed by atoms with Crippen LogP contribution in [0.2, 0.25) is 0 Å². The summed E-state index contributed by atoms with van der Waals surface area (Å²) in [7, 11) is 2.00. The molecule has 0 N–H and O–H groups in total. The number of hydrogen-bond acceptors (Lipinski definition) is 2. The summed E-state index contributed by atoms with van der Waals surface area (Å²) in [6, 6.07) is 4.71. The number of thiophene rings is 1. The van der Waals surface area contributed by atoms with Gasteiger partial charge in [0.05, 0.1) is 0 Å². The van der Waals surface area contributed by atoms with Crippen LogP contribution >= 0.6 is 11.3 Å². The fourth-order valence-corrected chi connectivity index (χ4v) is 3.85. The molecule has 2 atom stereocenters. The normalized spacial score (nSPS) is 23.3. The summed E-state index contributed by atoms with van der Waals surface area (Å²) in [4.78, 5) is 15.7. The zero-order chi connectivity index (χ0) is 13.7. The molecule has 0 aromatic carbocycles. The Labute approximate surface area is 120 Å². The molecule has 1 heterocycles. The molecule has 0 bridgehead atoms. The van der Waals surface area contributed by atoms with Crippen LogP contribution in [0.1, 0.15) is 50.3 Å². The summed E-state index contributed by atoms with van der Waals surface area (Å²) in [5.41, 5.74) is 0. The Balaban J connectivity index is 1.75. The number of nitrogens with zero attached hydrogens (tertiary/aromatic N) is 1. The van der Waals surface area contributed by atoms with Crippen LogP contribution in [-0.2, 0) is 11.2 Å². The molecule has 3 heteroatoms. The van der Waals surface area contributed by atoms with Crippen molar-refractivity contribution in [2.45, 2.75) is 57.9 Å². The third-order valence-electron chi connectivity index (χ3n) is 4.35. The molecule has 0 spiro atoms. The van der Waals surface area contributed by atoms with Crippen molar-refractivity contribution in [3.63, 3.8) is 0 Å². The Bertz CT molecular complexity index is 387. The maximum Gasteiger partial charge on any atom is 0.222 e. The number of rotatable bonds is 5. The van der Waals surface area contributed by atoms with Gasteiger partial charge in [0.15, 0.2) is 0 Å². The highest BCUT2D eigenvalue weighted by molar-refractivity contribution is 7.09. The molecule has 0 aliphatic heterocycles. The van der Waals surface area contributed by atoms with Crippen molar-refractivity contribution in [1.82, 2.24) is 4.90 Å². The zero-order valence-corrected chi connectivity index (χ0v) is 12.9. The SMILES string of the molecule is CC1CCCCC1N(C)C(=O)CCCc1cccs1. The summed E-state index contributed by atoms with van der Waals surface area (Å²) >= 11 is 1.79. The molecule has 19 heavy (non-hydrogen) atoms. The molecule has 1 fully saturated rings. The van der Waals surface area contributed by atoms with E-state index in [1.165, 1.54) is 30.6 Å². The van der Waals surface area contributed by atoms with Crippen LogP contribution in [0.25, 0.3) is 0 Å². The number of carbonyl (C=O) groups excluding carboxylic acids is 1. The van der Waals surface area contributed by atoms with Gasteiger partial charge in [-0.05, 0) is 43.0 Å². The van der Waals surface area contributed by atoms with Gasteiger partial charge in [0.2, 0.25) is 5.91 Å². The first-order valence-corrected chi connectivity index (χ1v) is 8.34. The van der Waals surface area contributed by atoms with Crippen LogP contribution in [0.4, 0.5) is 0 Å². The largest absolute Gasteiger partial charge is 0.343 e. The molecule has 2 unspecified atom stereocenters. The Hall–Kier alpha value is -0.830. The topological polar surface area (TPSA) is 20.3 Å². The highest BCUT2D eigenvalue weighted by Crippen LogP contribution is 2.27. The highest BCUT2D eigenvalue weighted by atomic mass is 32.1. The molecule has 0 saturated heterocycles. The zero-order valence-electron chi connectivity index (χ0n) is 12.1. The van der Waals surface area contributed by atoms with Crippen LogP contribution < -0.4 is 0 Å². The lowest BCUT2D eigenvalue weighted by Crippen LogP contribution is -2.42. The van der Waals surface area contributed by atoms with Crippen molar-refractivity contribution < 1.29 is 4.79 Å². The lowest BCUT2D eigenvalue weighted by Gasteiger charge is -2.36. The van der Waals surface area contributed by atoms with E-state index in [0.29, 0.717) is 24.3 Å². The van der Waals surface area contributed by atoms with Gasteiger partial charge >= 0.3 is 0 Å². The van der Waals surface area contributed by atoms with Gasteiger partial charge in [-0.1, -0.05) is 25.8 Å². The standard InChI is InChI=1S/C16H25NOS/c1-13-7-3-4-10-15(13)17(2)16(18)11-5-8-14-9-6-12-19-14/h6,9,12-13,15H,3-5,7-8,10-11H2,1-2H3. The lowest BCUT2D eigenvalue weighted by molar-refractivity contribution is -0.133. The molecule has 1 aromatic heterocycles. The molecule has 1 saturated carbocycles. The quantitative estimate of drug-likeness (QED) is 0.794. The van der Waals surface area contributed by atoms with Gasteiger partial charge in [-0.2, -0.15) is 0 Å².